The van der Waals surface area contributed by atoms with Crippen molar-refractivity contribution in [3.8, 4) is 50.2 Å². The second-order valence-corrected chi connectivity index (χ2v) is 18.8. The highest BCUT2D eigenvalue weighted by Crippen LogP contribution is 2.62. The Morgan fingerprint density at radius 2 is 0.955 bits per heavy atom. The Morgan fingerprint density at radius 3 is 1.82 bits per heavy atom. The van der Waals surface area contributed by atoms with Gasteiger partial charge in [0.1, 0.15) is 0 Å². The predicted octanol–water partition coefficient (Wildman–Crippen LogP) is 16.6. The first kappa shape index (κ1) is 37.2. The standard InChI is InChI=1S/C64H44N2/c1-63(2)53-27-10-6-24-48(53)52-40-45(35-37-54(52)63)65(44-21-16-20-42(38-44)41-18-4-3-5-19-41)59-31-13-8-22-46(59)43-34-36-49-47-23-7-11-28-55(47)64(58(49)39-43)56-29-12-15-33-61(56)66-60-32-14-9-25-50(60)51-26-17-30-57(64)62(51)66/h3-40H,1-2H3. The summed E-state index contributed by atoms with van der Waals surface area (Å²) in [5.74, 6) is 0. The molecule has 1 spiro atoms. The van der Waals surface area contributed by atoms with Crippen LogP contribution in [0.5, 0.6) is 0 Å². The number of aromatic nitrogens is 1. The first-order valence-electron chi connectivity index (χ1n) is 23.2. The summed E-state index contributed by atoms with van der Waals surface area (Å²) in [5, 5.41) is 2.57. The highest BCUT2D eigenvalue weighted by Gasteiger charge is 2.51. The summed E-state index contributed by atoms with van der Waals surface area (Å²) in [6, 6.07) is 86.4. The minimum atomic E-state index is -0.540. The molecule has 0 amide bonds. The number of para-hydroxylation sites is 4. The summed E-state index contributed by atoms with van der Waals surface area (Å²) in [7, 11) is 0. The zero-order valence-corrected chi connectivity index (χ0v) is 36.8. The van der Waals surface area contributed by atoms with Crippen molar-refractivity contribution in [2.24, 2.45) is 0 Å². The lowest BCUT2D eigenvalue weighted by atomic mass is 9.65. The van der Waals surface area contributed by atoms with Crippen molar-refractivity contribution in [3.05, 3.63) is 264 Å². The second kappa shape index (κ2) is 13.7. The quantitative estimate of drug-likeness (QED) is 0.168. The largest absolute Gasteiger partial charge is 0.310 e. The average molecular weight is 841 g/mol. The minimum Gasteiger partial charge on any atom is -0.310 e. The van der Waals surface area contributed by atoms with Crippen LogP contribution in [0.25, 0.3) is 72.0 Å². The van der Waals surface area contributed by atoms with Gasteiger partial charge in [0.2, 0.25) is 0 Å². The number of fused-ring (bicyclic) bond motifs is 15. The molecule has 2 heteroatoms. The van der Waals surface area contributed by atoms with Crippen LogP contribution < -0.4 is 4.90 Å². The molecular formula is C64H44N2. The van der Waals surface area contributed by atoms with E-state index in [2.05, 4.69) is 254 Å². The summed E-state index contributed by atoms with van der Waals surface area (Å²) < 4.78 is 2.53. The number of benzene rings is 10. The molecule has 0 N–H and O–H groups in total. The van der Waals surface area contributed by atoms with E-state index < -0.39 is 5.41 Å². The smallest absolute Gasteiger partial charge is 0.0754 e. The number of anilines is 3. The van der Waals surface area contributed by atoms with Gasteiger partial charge in [0.25, 0.3) is 0 Å². The van der Waals surface area contributed by atoms with E-state index in [1.54, 1.807) is 0 Å². The molecular weight excluding hydrogens is 797 g/mol. The Labute approximate surface area is 385 Å². The van der Waals surface area contributed by atoms with Crippen molar-refractivity contribution in [1.82, 2.24) is 4.57 Å². The van der Waals surface area contributed by atoms with Gasteiger partial charge in [0, 0.05) is 33.1 Å². The number of hydrogen-bond acceptors (Lipinski definition) is 1. The molecule has 1 atom stereocenters. The van der Waals surface area contributed by atoms with Gasteiger partial charge >= 0.3 is 0 Å². The highest BCUT2D eigenvalue weighted by atomic mass is 15.1. The molecule has 0 fully saturated rings. The van der Waals surface area contributed by atoms with Crippen LogP contribution in [0.3, 0.4) is 0 Å². The fraction of sp³-hybridized carbons (Fsp3) is 0.0625. The molecule has 1 aromatic heterocycles. The van der Waals surface area contributed by atoms with Crippen LogP contribution in [0.2, 0.25) is 0 Å². The Morgan fingerprint density at radius 1 is 0.348 bits per heavy atom. The molecule has 0 saturated carbocycles. The second-order valence-electron chi connectivity index (χ2n) is 18.8. The Kier molecular flexibility index (Phi) is 7.70. The number of nitrogens with zero attached hydrogens (tertiary/aromatic N) is 2. The lowest BCUT2D eigenvalue weighted by molar-refractivity contribution is 0.660. The molecule has 0 radical (unpaired) electrons. The Hall–Kier alpha value is -8.20. The predicted molar refractivity (Wildman–Crippen MR) is 275 cm³/mol. The number of rotatable bonds is 5. The van der Waals surface area contributed by atoms with Crippen molar-refractivity contribution >= 4 is 38.9 Å². The van der Waals surface area contributed by atoms with E-state index in [9.17, 15) is 0 Å². The molecule has 2 heterocycles. The van der Waals surface area contributed by atoms with Gasteiger partial charge in [-0.15, -0.1) is 0 Å². The van der Waals surface area contributed by atoms with E-state index >= 15 is 0 Å². The Bertz CT molecular complexity index is 3810. The van der Waals surface area contributed by atoms with Gasteiger partial charge < -0.3 is 9.47 Å². The maximum Gasteiger partial charge on any atom is 0.0754 e. The summed E-state index contributed by atoms with van der Waals surface area (Å²) in [6.07, 6.45) is 0. The van der Waals surface area contributed by atoms with Crippen LogP contribution in [0, 0.1) is 0 Å². The zero-order chi connectivity index (χ0) is 43.7. The summed E-state index contributed by atoms with van der Waals surface area (Å²) in [4.78, 5) is 2.49. The molecule has 14 rings (SSSR count). The van der Waals surface area contributed by atoms with Crippen molar-refractivity contribution in [2.45, 2.75) is 24.7 Å². The fourth-order valence-electron chi connectivity index (χ4n) is 12.4. The van der Waals surface area contributed by atoms with E-state index in [1.165, 1.54) is 105 Å². The van der Waals surface area contributed by atoms with Crippen molar-refractivity contribution < 1.29 is 0 Å². The van der Waals surface area contributed by atoms with Gasteiger partial charge in [-0.3, -0.25) is 0 Å². The van der Waals surface area contributed by atoms with Gasteiger partial charge in [-0.1, -0.05) is 196 Å². The molecule has 310 valence electrons. The maximum atomic E-state index is 2.53. The van der Waals surface area contributed by atoms with Crippen LogP contribution in [0.4, 0.5) is 17.1 Å². The molecule has 0 saturated heterocycles. The highest BCUT2D eigenvalue weighted by molar-refractivity contribution is 6.13. The zero-order valence-electron chi connectivity index (χ0n) is 36.8. The topological polar surface area (TPSA) is 8.17 Å². The molecule has 1 aliphatic heterocycles. The van der Waals surface area contributed by atoms with Crippen molar-refractivity contribution in [1.29, 1.82) is 0 Å². The van der Waals surface area contributed by atoms with E-state index in [1.807, 2.05) is 0 Å². The lowest BCUT2D eigenvalue weighted by Gasteiger charge is -2.39. The molecule has 3 aliphatic rings. The van der Waals surface area contributed by atoms with Crippen LogP contribution in [-0.2, 0) is 10.8 Å². The third-order valence-electron chi connectivity index (χ3n) is 15.2. The van der Waals surface area contributed by atoms with Gasteiger partial charge in [0.05, 0.1) is 27.8 Å². The first-order valence-corrected chi connectivity index (χ1v) is 23.2. The normalized spacial score (nSPS) is 15.6. The van der Waals surface area contributed by atoms with Gasteiger partial charge in [0.15, 0.2) is 0 Å². The third kappa shape index (κ3) is 4.91. The molecule has 11 aromatic rings. The Balaban J connectivity index is 1.02. The summed E-state index contributed by atoms with van der Waals surface area (Å²) in [5.41, 5.74) is 24.5. The first-order chi connectivity index (χ1) is 32.5. The van der Waals surface area contributed by atoms with Gasteiger partial charge in [-0.05, 0) is 121 Å². The van der Waals surface area contributed by atoms with Gasteiger partial charge in [-0.2, -0.15) is 0 Å². The molecule has 2 nitrogen and oxygen atoms in total. The number of hydrogen-bond donors (Lipinski definition) is 0. The maximum absolute atomic E-state index is 2.53. The molecule has 2 aliphatic carbocycles. The third-order valence-corrected chi connectivity index (χ3v) is 15.2. The molecule has 1 unspecified atom stereocenters. The van der Waals surface area contributed by atoms with Crippen LogP contribution in [0.1, 0.15) is 47.2 Å². The summed E-state index contributed by atoms with van der Waals surface area (Å²) in [6.45, 7) is 4.72. The average Bonchev–Trinajstić information content (AvgIpc) is 3.95. The van der Waals surface area contributed by atoms with E-state index in [4.69, 9.17) is 0 Å². The molecule has 10 aromatic carbocycles. The summed E-state index contributed by atoms with van der Waals surface area (Å²) >= 11 is 0. The van der Waals surface area contributed by atoms with E-state index in [0.29, 0.717) is 0 Å². The fourth-order valence-corrected chi connectivity index (χ4v) is 12.4. The monoisotopic (exact) mass is 840 g/mol. The van der Waals surface area contributed by atoms with Crippen LogP contribution in [0.15, 0.2) is 231 Å². The SMILES string of the molecule is CC1(C)c2ccccc2-c2cc(N(c3cccc(-c4ccccc4)c3)c3ccccc3-c3ccc4c(c3)C3(c5ccccc5-4)c4ccccc4-n4c5ccccc5c5cccc3c54)ccc21. The van der Waals surface area contributed by atoms with E-state index in [0.717, 1.165) is 17.1 Å². The van der Waals surface area contributed by atoms with Crippen LogP contribution >= 0.6 is 0 Å². The van der Waals surface area contributed by atoms with Crippen LogP contribution in [-0.4, -0.2) is 4.57 Å². The van der Waals surface area contributed by atoms with E-state index in [-0.39, 0.29) is 5.41 Å². The minimum absolute atomic E-state index is 0.0885. The lowest BCUT2D eigenvalue weighted by Crippen LogP contribution is -2.33. The van der Waals surface area contributed by atoms with Gasteiger partial charge in [-0.25, -0.2) is 0 Å². The molecule has 0 bridgehead atoms. The van der Waals surface area contributed by atoms with Crippen molar-refractivity contribution in [3.63, 3.8) is 0 Å². The molecule has 66 heavy (non-hydrogen) atoms. The van der Waals surface area contributed by atoms with Crippen molar-refractivity contribution in [2.75, 3.05) is 4.90 Å².